The van der Waals surface area contributed by atoms with Crippen molar-refractivity contribution in [3.63, 3.8) is 0 Å². The molecule has 2 unspecified atom stereocenters. The minimum Gasteiger partial charge on any atom is -0.435 e. The normalized spacial score (nSPS) is 18.7. The molecule has 1 amide bonds. The zero-order valence-electron chi connectivity index (χ0n) is 21.3. The molecule has 6 nitrogen and oxygen atoms in total. The molecule has 2 heterocycles. The molecule has 6 heteroatoms. The Labute approximate surface area is 202 Å². The Morgan fingerprint density at radius 3 is 2.03 bits per heavy atom. The first-order valence-corrected chi connectivity index (χ1v) is 11.9. The van der Waals surface area contributed by atoms with E-state index >= 15 is 0 Å². The number of hydrogen-bond donors (Lipinski definition) is 0. The van der Waals surface area contributed by atoms with Gasteiger partial charge in [-0.3, -0.25) is 4.79 Å². The van der Waals surface area contributed by atoms with E-state index in [1.165, 1.54) is 5.56 Å². The van der Waals surface area contributed by atoms with Crippen LogP contribution >= 0.6 is 0 Å². The molecule has 34 heavy (non-hydrogen) atoms. The first-order chi connectivity index (χ1) is 16.0. The van der Waals surface area contributed by atoms with Crippen LogP contribution in [0.4, 0.5) is 5.69 Å². The van der Waals surface area contributed by atoms with Gasteiger partial charge in [-0.1, -0.05) is 32.9 Å². The van der Waals surface area contributed by atoms with Crippen molar-refractivity contribution in [1.29, 1.82) is 0 Å². The predicted octanol–water partition coefficient (Wildman–Crippen LogP) is 5.62. The third-order valence-electron chi connectivity index (χ3n) is 6.18. The molecule has 0 spiro atoms. The van der Waals surface area contributed by atoms with Gasteiger partial charge in [-0.2, -0.15) is 0 Å². The second-order valence-corrected chi connectivity index (χ2v) is 10.4. The average Bonchev–Trinajstić information content (AvgIpc) is 3.23. The maximum atomic E-state index is 13.6. The number of benzene rings is 2. The highest BCUT2D eigenvalue weighted by molar-refractivity contribution is 5.98. The van der Waals surface area contributed by atoms with Gasteiger partial charge in [0.15, 0.2) is 11.5 Å². The monoisotopic (exact) mass is 461 g/mol. The van der Waals surface area contributed by atoms with E-state index in [1.807, 2.05) is 74.1 Å². The number of carbonyl (C=O) groups is 1. The molecule has 3 aromatic rings. The number of hydrogen-bond acceptors (Lipinski definition) is 5. The number of morpholine rings is 1. The lowest BCUT2D eigenvalue weighted by Gasteiger charge is -2.35. The molecule has 0 saturated carbocycles. The van der Waals surface area contributed by atoms with Crippen LogP contribution in [0.15, 0.2) is 52.9 Å². The number of nitrogens with zero attached hydrogens (tertiary/aromatic N) is 3. The molecule has 1 aliphatic rings. The Morgan fingerprint density at radius 1 is 0.941 bits per heavy atom. The van der Waals surface area contributed by atoms with Crippen molar-refractivity contribution in [3.05, 3.63) is 59.8 Å². The van der Waals surface area contributed by atoms with Crippen molar-refractivity contribution in [3.8, 4) is 22.8 Å². The maximum Gasteiger partial charge on any atom is 0.276 e. The summed E-state index contributed by atoms with van der Waals surface area (Å²) in [6.07, 6.45) is -0.0429. The Morgan fingerprint density at radius 2 is 1.50 bits per heavy atom. The van der Waals surface area contributed by atoms with Gasteiger partial charge in [-0.25, -0.2) is 4.98 Å². The van der Waals surface area contributed by atoms with Gasteiger partial charge in [0.25, 0.3) is 5.91 Å². The van der Waals surface area contributed by atoms with E-state index in [-0.39, 0.29) is 23.5 Å². The van der Waals surface area contributed by atoms with Gasteiger partial charge in [0.2, 0.25) is 5.89 Å². The zero-order chi connectivity index (χ0) is 24.6. The van der Waals surface area contributed by atoms with E-state index in [1.54, 1.807) is 0 Å². The fourth-order valence-electron chi connectivity index (χ4n) is 4.30. The van der Waals surface area contributed by atoms with Gasteiger partial charge in [0, 0.05) is 44.0 Å². The molecule has 0 radical (unpaired) electrons. The summed E-state index contributed by atoms with van der Waals surface area (Å²) in [5.74, 6) is 0.817. The van der Waals surface area contributed by atoms with E-state index in [2.05, 4.69) is 32.9 Å². The number of amides is 1. The summed E-state index contributed by atoms with van der Waals surface area (Å²) in [6.45, 7) is 11.6. The van der Waals surface area contributed by atoms with E-state index in [0.717, 1.165) is 16.8 Å². The van der Waals surface area contributed by atoms with E-state index in [4.69, 9.17) is 14.1 Å². The summed E-state index contributed by atoms with van der Waals surface area (Å²) in [4.78, 5) is 22.2. The SMILES string of the molecule is CC1CN(C(=O)c2nc(-c3ccc(C(C)(C)C)cc3)oc2-c2ccc(N(C)C)cc2)CC(C)O1. The predicted molar refractivity (Wildman–Crippen MR) is 136 cm³/mol. The summed E-state index contributed by atoms with van der Waals surface area (Å²) < 4.78 is 12.1. The first kappa shape index (κ1) is 24.0. The fourth-order valence-corrected chi connectivity index (χ4v) is 4.30. The fraction of sp³-hybridized carbons (Fsp3) is 0.429. The highest BCUT2D eigenvalue weighted by atomic mass is 16.5. The minimum atomic E-state index is -0.130. The molecule has 1 saturated heterocycles. The largest absolute Gasteiger partial charge is 0.435 e. The molecule has 0 aliphatic carbocycles. The van der Waals surface area contributed by atoms with Crippen LogP contribution in [0.2, 0.25) is 0 Å². The Balaban J connectivity index is 1.75. The lowest BCUT2D eigenvalue weighted by Crippen LogP contribution is -2.48. The molecular weight excluding hydrogens is 426 g/mol. The average molecular weight is 462 g/mol. The Kier molecular flexibility index (Phi) is 6.54. The molecule has 0 bridgehead atoms. The lowest BCUT2D eigenvalue weighted by atomic mass is 9.87. The van der Waals surface area contributed by atoms with Crippen molar-refractivity contribution < 1.29 is 13.9 Å². The first-order valence-electron chi connectivity index (χ1n) is 11.9. The minimum absolute atomic E-state index is 0.0214. The van der Waals surface area contributed by atoms with Crippen molar-refractivity contribution in [2.45, 2.75) is 52.2 Å². The van der Waals surface area contributed by atoms with Crippen LogP contribution in [0, 0.1) is 0 Å². The third kappa shape index (κ3) is 5.02. The van der Waals surface area contributed by atoms with Crippen molar-refractivity contribution in [1.82, 2.24) is 9.88 Å². The van der Waals surface area contributed by atoms with E-state index in [0.29, 0.717) is 30.4 Å². The molecule has 1 aliphatic heterocycles. The van der Waals surface area contributed by atoms with E-state index < -0.39 is 0 Å². The standard InChI is InChI=1S/C28H35N3O3/c1-18-16-31(17-19(2)33-18)27(32)24-25(20-10-14-23(15-11-20)30(6)7)34-26(29-24)21-8-12-22(13-9-21)28(3,4)5/h8-15,18-19H,16-17H2,1-7H3. The number of oxazole rings is 1. The highest BCUT2D eigenvalue weighted by Gasteiger charge is 2.31. The number of rotatable bonds is 4. The van der Waals surface area contributed by atoms with Gasteiger partial charge < -0.3 is 19.0 Å². The summed E-state index contributed by atoms with van der Waals surface area (Å²) in [7, 11) is 4.00. The van der Waals surface area contributed by atoms with Gasteiger partial charge >= 0.3 is 0 Å². The Bertz CT molecular complexity index is 1130. The van der Waals surface area contributed by atoms with Crippen LogP contribution < -0.4 is 4.90 Å². The van der Waals surface area contributed by atoms with Crippen LogP contribution in [0.3, 0.4) is 0 Å². The number of carbonyl (C=O) groups excluding carboxylic acids is 1. The Hall–Kier alpha value is -3.12. The van der Waals surface area contributed by atoms with Crippen LogP contribution in [0.5, 0.6) is 0 Å². The second-order valence-electron chi connectivity index (χ2n) is 10.4. The van der Waals surface area contributed by atoms with Crippen molar-refractivity contribution in [2.75, 3.05) is 32.1 Å². The van der Waals surface area contributed by atoms with Crippen molar-refractivity contribution >= 4 is 11.6 Å². The number of aromatic nitrogens is 1. The molecule has 1 aromatic heterocycles. The highest BCUT2D eigenvalue weighted by Crippen LogP contribution is 2.33. The number of ether oxygens (including phenoxy) is 1. The summed E-state index contributed by atoms with van der Waals surface area (Å²) in [6, 6.07) is 16.2. The van der Waals surface area contributed by atoms with Crippen LogP contribution in [0.1, 0.15) is 50.7 Å². The van der Waals surface area contributed by atoms with Gasteiger partial charge in [-0.05, 0) is 61.2 Å². The van der Waals surface area contributed by atoms with Crippen LogP contribution in [-0.4, -0.2) is 55.2 Å². The third-order valence-corrected chi connectivity index (χ3v) is 6.18. The quantitative estimate of drug-likeness (QED) is 0.505. The molecule has 1 fully saturated rings. The molecule has 0 N–H and O–H groups in total. The second kappa shape index (κ2) is 9.26. The number of anilines is 1. The molecule has 180 valence electrons. The van der Waals surface area contributed by atoms with Gasteiger partial charge in [0.1, 0.15) is 0 Å². The van der Waals surface area contributed by atoms with Gasteiger partial charge in [0.05, 0.1) is 12.2 Å². The molecular formula is C28H35N3O3. The van der Waals surface area contributed by atoms with Crippen LogP contribution in [-0.2, 0) is 10.2 Å². The molecule has 4 rings (SSSR count). The topological polar surface area (TPSA) is 58.8 Å². The zero-order valence-corrected chi connectivity index (χ0v) is 21.3. The summed E-state index contributed by atoms with van der Waals surface area (Å²) >= 11 is 0. The lowest BCUT2D eigenvalue weighted by molar-refractivity contribution is -0.0587. The molecule has 2 atom stereocenters. The van der Waals surface area contributed by atoms with Crippen LogP contribution in [0.25, 0.3) is 22.8 Å². The smallest absolute Gasteiger partial charge is 0.276 e. The summed E-state index contributed by atoms with van der Waals surface area (Å²) in [5, 5.41) is 0. The van der Waals surface area contributed by atoms with E-state index in [9.17, 15) is 4.79 Å². The molecule has 2 aromatic carbocycles. The maximum absolute atomic E-state index is 13.6. The summed E-state index contributed by atoms with van der Waals surface area (Å²) in [5.41, 5.74) is 4.38. The van der Waals surface area contributed by atoms with Crippen molar-refractivity contribution in [2.24, 2.45) is 0 Å². The van der Waals surface area contributed by atoms with Gasteiger partial charge in [-0.15, -0.1) is 0 Å².